The predicted molar refractivity (Wildman–Crippen MR) is 83.7 cm³/mol. The van der Waals surface area contributed by atoms with E-state index in [1.165, 1.54) is 24.1 Å². The molecule has 2 N–H and O–H groups in total. The van der Waals surface area contributed by atoms with E-state index in [0.717, 1.165) is 24.8 Å². The van der Waals surface area contributed by atoms with Gasteiger partial charge in [0, 0.05) is 18.8 Å². The molecule has 19 heavy (non-hydrogen) atoms. The van der Waals surface area contributed by atoms with Crippen LogP contribution in [0.25, 0.3) is 0 Å². The summed E-state index contributed by atoms with van der Waals surface area (Å²) in [6, 6.07) is 4.36. The molecule has 1 aromatic heterocycles. The van der Waals surface area contributed by atoms with E-state index in [4.69, 9.17) is 4.98 Å². The molecule has 0 saturated heterocycles. The van der Waals surface area contributed by atoms with Crippen LogP contribution in [0.2, 0.25) is 0 Å². The lowest BCUT2D eigenvalue weighted by Gasteiger charge is -2.16. The van der Waals surface area contributed by atoms with Crippen LogP contribution in [0.4, 0.5) is 5.82 Å². The molecule has 0 spiro atoms. The van der Waals surface area contributed by atoms with Crippen molar-refractivity contribution < 1.29 is 0 Å². The molecule has 1 aromatic rings. The fourth-order valence-electron chi connectivity index (χ4n) is 2.13. The van der Waals surface area contributed by atoms with Crippen molar-refractivity contribution in [1.29, 1.82) is 0 Å². The highest BCUT2D eigenvalue weighted by atomic mass is 15.0. The molecule has 0 aliphatic rings. The first-order valence-electron chi connectivity index (χ1n) is 7.49. The summed E-state index contributed by atoms with van der Waals surface area (Å²) in [4.78, 5) is 4.72. The largest absolute Gasteiger partial charge is 0.370 e. The van der Waals surface area contributed by atoms with Crippen LogP contribution in [0.5, 0.6) is 0 Å². The summed E-state index contributed by atoms with van der Waals surface area (Å²) < 4.78 is 0. The average Bonchev–Trinajstić information content (AvgIpc) is 2.40. The first kappa shape index (κ1) is 16.0. The van der Waals surface area contributed by atoms with E-state index in [2.05, 4.69) is 50.5 Å². The molecule has 1 heterocycles. The van der Waals surface area contributed by atoms with Crippen molar-refractivity contribution in [2.45, 2.75) is 53.0 Å². The van der Waals surface area contributed by atoms with Crippen LogP contribution in [0.1, 0.15) is 57.7 Å². The second-order valence-corrected chi connectivity index (χ2v) is 5.53. The normalized spacial score (nSPS) is 11.3. The van der Waals surface area contributed by atoms with Crippen molar-refractivity contribution in [1.82, 2.24) is 10.3 Å². The molecule has 0 fully saturated rings. The third kappa shape index (κ3) is 5.19. The lowest BCUT2D eigenvalue weighted by atomic mass is 10.0. The van der Waals surface area contributed by atoms with Crippen LogP contribution in [-0.2, 0) is 6.54 Å². The summed E-state index contributed by atoms with van der Waals surface area (Å²) in [5.74, 6) is 2.21. The Morgan fingerprint density at radius 1 is 1.16 bits per heavy atom. The lowest BCUT2D eigenvalue weighted by molar-refractivity contribution is 0.518. The minimum Gasteiger partial charge on any atom is -0.370 e. The Kier molecular flexibility index (Phi) is 6.85. The first-order chi connectivity index (χ1) is 9.10. The third-order valence-corrected chi connectivity index (χ3v) is 3.60. The molecule has 0 aromatic carbocycles. The van der Waals surface area contributed by atoms with Crippen molar-refractivity contribution in [3.63, 3.8) is 0 Å². The summed E-state index contributed by atoms with van der Waals surface area (Å²) in [5, 5.41) is 6.71. The number of anilines is 1. The van der Waals surface area contributed by atoms with Crippen LogP contribution in [0, 0.1) is 5.92 Å². The van der Waals surface area contributed by atoms with E-state index in [1.807, 2.05) is 7.05 Å². The summed E-state index contributed by atoms with van der Waals surface area (Å²) in [7, 11) is 1.98. The Hall–Kier alpha value is -1.09. The monoisotopic (exact) mass is 263 g/mol. The van der Waals surface area contributed by atoms with Gasteiger partial charge in [-0.3, -0.25) is 0 Å². The van der Waals surface area contributed by atoms with E-state index in [1.54, 1.807) is 0 Å². The minimum absolute atomic E-state index is 0.463. The zero-order valence-corrected chi connectivity index (χ0v) is 13.1. The van der Waals surface area contributed by atoms with Gasteiger partial charge in [0.1, 0.15) is 5.82 Å². The maximum absolute atomic E-state index is 4.72. The van der Waals surface area contributed by atoms with Gasteiger partial charge in [-0.05, 0) is 36.6 Å². The van der Waals surface area contributed by atoms with Crippen LogP contribution < -0.4 is 10.6 Å². The van der Waals surface area contributed by atoms with Gasteiger partial charge in [0.05, 0.1) is 0 Å². The molecule has 3 heteroatoms. The zero-order chi connectivity index (χ0) is 14.3. The Bertz CT molecular complexity index is 370. The van der Waals surface area contributed by atoms with Crippen molar-refractivity contribution in [2.24, 2.45) is 5.92 Å². The molecule has 3 nitrogen and oxygen atoms in total. The van der Waals surface area contributed by atoms with Gasteiger partial charge in [-0.2, -0.15) is 0 Å². The Balaban J connectivity index is 2.80. The number of aromatic nitrogens is 1. The molecule has 0 saturated carbocycles. The van der Waals surface area contributed by atoms with E-state index in [0.29, 0.717) is 5.92 Å². The molecule has 0 atom stereocenters. The molecule has 0 unspecified atom stereocenters. The molecule has 0 aliphatic heterocycles. The van der Waals surface area contributed by atoms with Crippen molar-refractivity contribution in [3.8, 4) is 0 Å². The van der Waals surface area contributed by atoms with E-state index < -0.39 is 0 Å². The number of rotatable bonds is 8. The van der Waals surface area contributed by atoms with Crippen LogP contribution in [0.3, 0.4) is 0 Å². The molecule has 0 radical (unpaired) electrons. The molecule has 0 amide bonds. The number of hydrogen-bond donors (Lipinski definition) is 2. The quantitative estimate of drug-likeness (QED) is 0.749. The fourth-order valence-corrected chi connectivity index (χ4v) is 2.13. The van der Waals surface area contributed by atoms with Gasteiger partial charge >= 0.3 is 0 Å². The van der Waals surface area contributed by atoms with Gasteiger partial charge in [0.25, 0.3) is 0 Å². The maximum Gasteiger partial charge on any atom is 0.126 e. The van der Waals surface area contributed by atoms with Gasteiger partial charge in [0.15, 0.2) is 0 Å². The van der Waals surface area contributed by atoms with Crippen LogP contribution >= 0.6 is 0 Å². The summed E-state index contributed by atoms with van der Waals surface area (Å²) in [6.07, 6.45) is 2.44. The maximum atomic E-state index is 4.72. The van der Waals surface area contributed by atoms with Gasteiger partial charge in [-0.25, -0.2) is 4.98 Å². The number of nitrogens with one attached hydrogen (secondary N) is 2. The molecular formula is C16H29N3. The molecule has 0 aliphatic carbocycles. The molecule has 1 rings (SSSR count). The summed E-state index contributed by atoms with van der Waals surface area (Å²) >= 11 is 0. The van der Waals surface area contributed by atoms with E-state index in [9.17, 15) is 0 Å². The second kappa shape index (κ2) is 8.16. The van der Waals surface area contributed by atoms with Crippen LogP contribution in [0.15, 0.2) is 12.1 Å². The van der Waals surface area contributed by atoms with Crippen molar-refractivity contribution in [2.75, 3.05) is 18.9 Å². The smallest absolute Gasteiger partial charge is 0.126 e. The van der Waals surface area contributed by atoms with E-state index in [-0.39, 0.29) is 0 Å². The highest BCUT2D eigenvalue weighted by Crippen LogP contribution is 2.18. The minimum atomic E-state index is 0.463. The van der Waals surface area contributed by atoms with Crippen molar-refractivity contribution >= 4 is 5.82 Å². The lowest BCUT2D eigenvalue weighted by Crippen LogP contribution is -2.15. The summed E-state index contributed by atoms with van der Waals surface area (Å²) in [5.41, 5.74) is 2.47. The molecule has 0 bridgehead atoms. The van der Waals surface area contributed by atoms with Crippen LogP contribution in [-0.4, -0.2) is 18.6 Å². The number of pyridine rings is 1. The average molecular weight is 263 g/mol. The highest BCUT2D eigenvalue weighted by molar-refractivity contribution is 5.40. The zero-order valence-electron chi connectivity index (χ0n) is 13.1. The van der Waals surface area contributed by atoms with Gasteiger partial charge in [-0.15, -0.1) is 0 Å². The first-order valence-corrected chi connectivity index (χ1v) is 7.49. The predicted octanol–water partition coefficient (Wildman–Crippen LogP) is 3.77. The number of nitrogens with zero attached hydrogens (tertiary/aromatic N) is 1. The molecular weight excluding hydrogens is 234 g/mol. The Morgan fingerprint density at radius 3 is 2.37 bits per heavy atom. The Morgan fingerprint density at radius 2 is 1.84 bits per heavy atom. The number of hydrogen-bond acceptors (Lipinski definition) is 3. The highest BCUT2D eigenvalue weighted by Gasteiger charge is 2.08. The Labute approximate surface area is 118 Å². The third-order valence-electron chi connectivity index (χ3n) is 3.60. The second-order valence-electron chi connectivity index (χ2n) is 5.53. The standard InChI is InChI=1S/C16H29N3/c1-6-13(7-2)11-18-16-9-14(10-17-5)8-15(19-16)12(3)4/h8-9,12-13,17H,6-7,10-11H2,1-5H3,(H,18,19). The van der Waals surface area contributed by atoms with Gasteiger partial charge in [-0.1, -0.05) is 40.5 Å². The SMILES string of the molecule is CCC(CC)CNc1cc(CNC)cc(C(C)C)n1. The van der Waals surface area contributed by atoms with E-state index >= 15 is 0 Å². The van der Waals surface area contributed by atoms with Gasteiger partial charge in [0.2, 0.25) is 0 Å². The topological polar surface area (TPSA) is 37.0 Å². The van der Waals surface area contributed by atoms with Gasteiger partial charge < -0.3 is 10.6 Å². The summed E-state index contributed by atoms with van der Waals surface area (Å²) in [6.45, 7) is 10.8. The molecule has 108 valence electrons. The fraction of sp³-hybridized carbons (Fsp3) is 0.688. The van der Waals surface area contributed by atoms with Crippen molar-refractivity contribution in [3.05, 3.63) is 23.4 Å².